The van der Waals surface area contributed by atoms with E-state index in [1.165, 1.54) is 4.57 Å². The number of para-hydroxylation sites is 1. The lowest BCUT2D eigenvalue weighted by molar-refractivity contribution is 0.225. The molecule has 1 aromatic carbocycles. The van der Waals surface area contributed by atoms with Crippen LogP contribution < -0.4 is 11.2 Å². The van der Waals surface area contributed by atoms with Crippen LogP contribution in [-0.2, 0) is 6.54 Å². The van der Waals surface area contributed by atoms with Gasteiger partial charge in [0, 0.05) is 6.54 Å². The Hall–Kier alpha value is -2.65. The molecule has 2 aromatic rings. The Morgan fingerprint density at radius 3 is 2.42 bits per heavy atom. The molecule has 1 saturated heterocycles. The van der Waals surface area contributed by atoms with E-state index in [4.69, 9.17) is 5.41 Å². The second-order valence-corrected chi connectivity index (χ2v) is 7.08. The smallest absolute Gasteiger partial charge is 0.295 e. The number of nitrogens with zero attached hydrogens (tertiary/aromatic N) is 4. The van der Waals surface area contributed by atoms with E-state index in [0.717, 1.165) is 50.9 Å². The van der Waals surface area contributed by atoms with E-state index in [9.17, 15) is 10.1 Å². The van der Waals surface area contributed by atoms with Crippen molar-refractivity contribution in [3.8, 4) is 11.8 Å². The van der Waals surface area contributed by atoms with Crippen molar-refractivity contribution in [3.63, 3.8) is 0 Å². The summed E-state index contributed by atoms with van der Waals surface area (Å²) in [5, 5.41) is 18.5. The van der Waals surface area contributed by atoms with Crippen LogP contribution in [0.3, 0.4) is 0 Å². The lowest BCUT2D eigenvalue weighted by Gasteiger charge is -2.29. The number of benzene rings is 1. The Balaban J connectivity index is 1.99. The van der Waals surface area contributed by atoms with E-state index in [0.29, 0.717) is 17.8 Å². The molecule has 1 unspecified atom stereocenters. The minimum absolute atomic E-state index is 0.000969. The molecule has 1 N–H and O–H groups in total. The fraction of sp³-hybridized carbons (Fsp3) is 0.450. The number of likely N-dealkylation sites (tertiary alicyclic amines) is 1. The summed E-state index contributed by atoms with van der Waals surface area (Å²) in [4.78, 5) is 15.7. The van der Waals surface area contributed by atoms with Gasteiger partial charge in [0.25, 0.3) is 0 Å². The van der Waals surface area contributed by atoms with Gasteiger partial charge in [-0.1, -0.05) is 18.2 Å². The fourth-order valence-corrected chi connectivity index (χ4v) is 4.33. The molecule has 134 valence electrons. The van der Waals surface area contributed by atoms with E-state index in [-0.39, 0.29) is 17.2 Å². The van der Waals surface area contributed by atoms with Gasteiger partial charge in [0.15, 0.2) is 5.49 Å². The summed E-state index contributed by atoms with van der Waals surface area (Å²) in [6.07, 6.45) is 5.23. The van der Waals surface area contributed by atoms with Crippen molar-refractivity contribution in [2.24, 2.45) is 0 Å². The van der Waals surface area contributed by atoms with Gasteiger partial charge in [-0.15, -0.1) is 0 Å². The van der Waals surface area contributed by atoms with Gasteiger partial charge in [-0.05, 0) is 57.3 Å². The summed E-state index contributed by atoms with van der Waals surface area (Å²) in [5.74, 6) is 0. The van der Waals surface area contributed by atoms with Gasteiger partial charge in [-0.2, -0.15) is 5.26 Å². The van der Waals surface area contributed by atoms with Gasteiger partial charge in [-0.3, -0.25) is 14.9 Å². The van der Waals surface area contributed by atoms with Gasteiger partial charge in [0.05, 0.1) is 17.4 Å². The summed E-state index contributed by atoms with van der Waals surface area (Å²) in [6.45, 7) is 2.62. The first kappa shape index (κ1) is 16.8. The maximum Gasteiger partial charge on any atom is 0.334 e. The molecule has 4 rings (SSSR count). The lowest BCUT2D eigenvalue weighted by atomic mass is 10.0. The van der Waals surface area contributed by atoms with Crippen molar-refractivity contribution in [1.82, 2.24) is 14.0 Å². The predicted molar refractivity (Wildman–Crippen MR) is 98.0 cm³/mol. The van der Waals surface area contributed by atoms with Crippen LogP contribution >= 0.6 is 0 Å². The number of nitriles is 1. The quantitative estimate of drug-likeness (QED) is 0.904. The number of rotatable bonds is 2. The summed E-state index contributed by atoms with van der Waals surface area (Å²) < 4.78 is 3.13. The minimum atomic E-state index is -0.207. The van der Waals surface area contributed by atoms with E-state index in [2.05, 4.69) is 11.0 Å². The zero-order valence-corrected chi connectivity index (χ0v) is 14.8. The van der Waals surface area contributed by atoms with Gasteiger partial charge in [0.2, 0.25) is 0 Å². The average molecular weight is 349 g/mol. The third kappa shape index (κ3) is 2.69. The van der Waals surface area contributed by atoms with E-state index in [1.54, 1.807) is 4.57 Å². The Bertz CT molecular complexity index is 961. The van der Waals surface area contributed by atoms with Crippen LogP contribution in [0, 0.1) is 16.7 Å². The molecular formula is C20H23N5O. The molecule has 0 saturated carbocycles. The molecule has 2 aliphatic heterocycles. The third-order valence-electron chi connectivity index (χ3n) is 5.56. The number of hydrogen-bond acceptors (Lipinski definition) is 4. The van der Waals surface area contributed by atoms with E-state index in [1.807, 2.05) is 30.3 Å². The van der Waals surface area contributed by atoms with Crippen molar-refractivity contribution in [1.29, 1.82) is 10.7 Å². The van der Waals surface area contributed by atoms with Crippen molar-refractivity contribution >= 4 is 0 Å². The second-order valence-electron chi connectivity index (χ2n) is 7.08. The highest BCUT2D eigenvalue weighted by molar-refractivity contribution is 5.38. The van der Waals surface area contributed by atoms with Crippen molar-refractivity contribution in [2.45, 2.75) is 44.7 Å². The molecule has 1 aromatic heterocycles. The molecule has 1 atom stereocenters. The molecule has 0 aliphatic carbocycles. The van der Waals surface area contributed by atoms with Gasteiger partial charge >= 0.3 is 5.69 Å². The van der Waals surface area contributed by atoms with Crippen LogP contribution in [0.15, 0.2) is 35.1 Å². The van der Waals surface area contributed by atoms with Crippen LogP contribution in [0.2, 0.25) is 0 Å². The SMILES string of the molecule is N#Cc1c2n(c(=O)n(-c3ccccc3)c1=N)CCCCC2N1CCCC1. The van der Waals surface area contributed by atoms with Crippen LogP contribution in [-0.4, -0.2) is 27.1 Å². The van der Waals surface area contributed by atoms with Crippen LogP contribution in [0.1, 0.15) is 49.4 Å². The highest BCUT2D eigenvalue weighted by Gasteiger charge is 2.31. The van der Waals surface area contributed by atoms with Gasteiger partial charge < -0.3 is 0 Å². The lowest BCUT2D eigenvalue weighted by Crippen LogP contribution is -2.44. The first-order valence-corrected chi connectivity index (χ1v) is 9.36. The largest absolute Gasteiger partial charge is 0.334 e. The molecule has 0 radical (unpaired) electrons. The molecule has 1 fully saturated rings. The summed E-state index contributed by atoms with van der Waals surface area (Å²) in [5.41, 5.74) is 1.53. The zero-order valence-electron chi connectivity index (χ0n) is 14.8. The normalized spacial score (nSPS) is 20.3. The highest BCUT2D eigenvalue weighted by atomic mass is 16.1. The topological polar surface area (TPSA) is 77.8 Å². The van der Waals surface area contributed by atoms with Crippen LogP contribution in [0.5, 0.6) is 0 Å². The van der Waals surface area contributed by atoms with Crippen molar-refractivity contribution in [3.05, 3.63) is 57.6 Å². The van der Waals surface area contributed by atoms with E-state index < -0.39 is 0 Å². The predicted octanol–water partition coefficient (Wildman–Crippen LogP) is 2.31. The Kier molecular flexibility index (Phi) is 4.48. The van der Waals surface area contributed by atoms with Gasteiger partial charge in [0.1, 0.15) is 11.6 Å². The van der Waals surface area contributed by atoms with E-state index >= 15 is 0 Å². The number of nitrogens with one attached hydrogen (secondary N) is 1. The summed E-state index contributed by atoms with van der Waals surface area (Å²) in [7, 11) is 0. The zero-order chi connectivity index (χ0) is 18.1. The molecule has 6 heteroatoms. The minimum Gasteiger partial charge on any atom is -0.295 e. The van der Waals surface area contributed by atoms with Crippen molar-refractivity contribution < 1.29 is 0 Å². The first-order valence-electron chi connectivity index (χ1n) is 9.36. The monoisotopic (exact) mass is 349 g/mol. The number of aromatic nitrogens is 2. The van der Waals surface area contributed by atoms with Crippen LogP contribution in [0.25, 0.3) is 5.69 Å². The molecule has 3 heterocycles. The number of fused-ring (bicyclic) bond motifs is 1. The summed E-state index contributed by atoms with van der Waals surface area (Å²) >= 11 is 0. The molecular weight excluding hydrogens is 326 g/mol. The fourth-order valence-electron chi connectivity index (χ4n) is 4.33. The average Bonchev–Trinajstić information content (AvgIpc) is 3.10. The maximum absolute atomic E-state index is 13.3. The Morgan fingerprint density at radius 2 is 1.73 bits per heavy atom. The molecule has 0 amide bonds. The molecule has 6 nitrogen and oxygen atoms in total. The standard InChI is InChI=1S/C20H23N5O/c21-14-16-18-17(23-11-6-7-12-23)10-4-5-13-24(18)20(26)25(19(16)22)15-8-2-1-3-9-15/h1-3,8-9,17,22H,4-7,10-13H2. The molecule has 2 aliphatic rings. The third-order valence-corrected chi connectivity index (χ3v) is 5.56. The maximum atomic E-state index is 13.3. The molecule has 0 spiro atoms. The number of hydrogen-bond donors (Lipinski definition) is 1. The molecule has 26 heavy (non-hydrogen) atoms. The molecule has 0 bridgehead atoms. The van der Waals surface area contributed by atoms with Gasteiger partial charge in [-0.25, -0.2) is 9.36 Å². The van der Waals surface area contributed by atoms with Crippen molar-refractivity contribution in [2.75, 3.05) is 13.1 Å². The second kappa shape index (κ2) is 6.93. The van der Waals surface area contributed by atoms with Crippen LogP contribution in [0.4, 0.5) is 0 Å². The Labute approximate surface area is 152 Å². The highest BCUT2D eigenvalue weighted by Crippen LogP contribution is 2.32. The summed E-state index contributed by atoms with van der Waals surface area (Å²) in [6, 6.07) is 11.5. The first-order chi connectivity index (χ1) is 12.7. The Morgan fingerprint density at radius 1 is 1.04 bits per heavy atom.